The van der Waals surface area contributed by atoms with Gasteiger partial charge in [0.2, 0.25) is 0 Å². The van der Waals surface area contributed by atoms with Gasteiger partial charge in [-0.05, 0) is 56.8 Å². The highest BCUT2D eigenvalue weighted by atomic mass is 79.9. The Balaban J connectivity index is 2.10. The molecule has 0 amide bonds. The smallest absolute Gasteiger partial charge is 0.261 e. The fourth-order valence-electron chi connectivity index (χ4n) is 4.05. The minimum atomic E-state index is 0.0330. The molecule has 0 spiro atoms. The Kier molecular flexibility index (Phi) is 6.48. The second kappa shape index (κ2) is 8.63. The summed E-state index contributed by atoms with van der Waals surface area (Å²) in [7, 11) is 0. The summed E-state index contributed by atoms with van der Waals surface area (Å²) >= 11 is 3.45. The number of halogens is 1. The molecule has 3 rings (SSSR count). The fraction of sp³-hybridized carbons (Fsp3) is 0.600. The number of aliphatic hydroxyl groups excluding tert-OH is 1. The van der Waals surface area contributed by atoms with E-state index in [1.165, 1.54) is 0 Å². The van der Waals surface area contributed by atoms with Crippen molar-refractivity contribution >= 4 is 26.8 Å². The number of nitrogens with zero attached hydrogens (tertiary/aromatic N) is 3. The first kappa shape index (κ1) is 19.5. The average Bonchev–Trinajstić information content (AvgIpc) is 2.66. The van der Waals surface area contributed by atoms with Gasteiger partial charge in [0, 0.05) is 24.2 Å². The summed E-state index contributed by atoms with van der Waals surface area (Å²) in [6.45, 7) is 6.90. The molecule has 26 heavy (non-hydrogen) atoms. The quantitative estimate of drug-likeness (QED) is 0.771. The maximum absolute atomic E-state index is 13.1. The largest absolute Gasteiger partial charge is 0.396 e. The lowest BCUT2D eigenvalue weighted by atomic mass is 9.96. The lowest BCUT2D eigenvalue weighted by molar-refractivity contribution is 0.0785. The van der Waals surface area contributed by atoms with Crippen molar-refractivity contribution in [2.45, 2.75) is 52.1 Å². The Bertz CT molecular complexity index is 821. The van der Waals surface area contributed by atoms with E-state index in [1.807, 2.05) is 29.7 Å². The SMILES string of the molecule is CCC[C@H](c1nc2ccc(Br)cc2c(=O)n1CC)N1CCC[C@H](CO)C1. The van der Waals surface area contributed by atoms with E-state index in [2.05, 4.69) is 27.8 Å². The van der Waals surface area contributed by atoms with Gasteiger partial charge in [-0.2, -0.15) is 0 Å². The van der Waals surface area contributed by atoms with E-state index in [0.717, 1.165) is 54.6 Å². The molecule has 1 N–H and O–H groups in total. The topological polar surface area (TPSA) is 58.4 Å². The van der Waals surface area contributed by atoms with Gasteiger partial charge < -0.3 is 5.11 Å². The van der Waals surface area contributed by atoms with Crippen LogP contribution in [-0.4, -0.2) is 39.3 Å². The Labute approximate surface area is 163 Å². The number of rotatable bonds is 6. The first-order valence-corrected chi connectivity index (χ1v) is 10.4. The Morgan fingerprint density at radius 1 is 1.38 bits per heavy atom. The number of likely N-dealkylation sites (tertiary alicyclic amines) is 1. The molecule has 0 saturated carbocycles. The van der Waals surface area contributed by atoms with Crippen LogP contribution in [0, 0.1) is 5.92 Å². The van der Waals surface area contributed by atoms with E-state index < -0.39 is 0 Å². The third-order valence-corrected chi connectivity index (χ3v) is 5.86. The third kappa shape index (κ3) is 3.87. The third-order valence-electron chi connectivity index (χ3n) is 5.37. The van der Waals surface area contributed by atoms with Gasteiger partial charge in [0.1, 0.15) is 5.82 Å². The van der Waals surface area contributed by atoms with Crippen molar-refractivity contribution in [3.63, 3.8) is 0 Å². The van der Waals surface area contributed by atoms with Crippen LogP contribution in [0.25, 0.3) is 10.9 Å². The van der Waals surface area contributed by atoms with Crippen LogP contribution in [0.3, 0.4) is 0 Å². The first-order chi connectivity index (χ1) is 12.6. The molecule has 1 saturated heterocycles. The monoisotopic (exact) mass is 421 g/mol. The molecule has 5 nitrogen and oxygen atoms in total. The second-order valence-electron chi connectivity index (χ2n) is 7.17. The molecule has 1 aromatic carbocycles. The summed E-state index contributed by atoms with van der Waals surface area (Å²) in [5.41, 5.74) is 0.792. The predicted molar refractivity (Wildman–Crippen MR) is 108 cm³/mol. The summed E-state index contributed by atoms with van der Waals surface area (Å²) < 4.78 is 2.73. The second-order valence-corrected chi connectivity index (χ2v) is 8.09. The molecule has 1 aliphatic rings. The van der Waals surface area contributed by atoms with Gasteiger partial charge in [0.15, 0.2) is 0 Å². The predicted octanol–water partition coefficient (Wildman–Crippen LogP) is 3.72. The highest BCUT2D eigenvalue weighted by molar-refractivity contribution is 9.10. The molecule has 2 aromatic rings. The minimum absolute atomic E-state index is 0.0330. The van der Waals surface area contributed by atoms with Crippen LogP contribution >= 0.6 is 15.9 Å². The maximum atomic E-state index is 13.1. The van der Waals surface area contributed by atoms with Crippen LogP contribution in [0.1, 0.15) is 51.4 Å². The van der Waals surface area contributed by atoms with Crippen molar-refractivity contribution in [3.05, 3.63) is 38.9 Å². The number of benzene rings is 1. The van der Waals surface area contributed by atoms with Crippen molar-refractivity contribution < 1.29 is 5.11 Å². The van der Waals surface area contributed by atoms with Crippen LogP contribution in [-0.2, 0) is 6.54 Å². The van der Waals surface area contributed by atoms with Gasteiger partial charge >= 0.3 is 0 Å². The molecule has 142 valence electrons. The Hall–Kier alpha value is -1.24. The van der Waals surface area contributed by atoms with Crippen LogP contribution in [0.2, 0.25) is 0 Å². The zero-order valence-corrected chi connectivity index (χ0v) is 17.2. The summed E-state index contributed by atoms with van der Waals surface area (Å²) in [5.74, 6) is 1.19. The zero-order chi connectivity index (χ0) is 18.7. The lowest BCUT2D eigenvalue weighted by Gasteiger charge is -2.38. The van der Waals surface area contributed by atoms with Crippen molar-refractivity contribution in [2.75, 3.05) is 19.7 Å². The molecule has 2 heterocycles. The summed E-state index contributed by atoms with van der Waals surface area (Å²) in [5, 5.41) is 10.3. The standard InChI is InChI=1S/C20H28BrN3O2/c1-3-6-18(23-10-5-7-14(12-23)13-25)19-22-17-9-8-15(21)11-16(17)20(26)24(19)4-2/h8-9,11,14,18,25H,3-7,10,12-13H2,1-2H3/t14-,18+/m0/s1. The molecule has 0 unspecified atom stereocenters. The summed E-state index contributed by atoms with van der Waals surface area (Å²) in [6, 6.07) is 5.83. The molecular weight excluding hydrogens is 394 g/mol. The highest BCUT2D eigenvalue weighted by Gasteiger charge is 2.29. The normalized spacial score (nSPS) is 19.8. The maximum Gasteiger partial charge on any atom is 0.261 e. The van der Waals surface area contributed by atoms with Crippen LogP contribution in [0.15, 0.2) is 27.5 Å². The average molecular weight is 422 g/mol. The molecular formula is C20H28BrN3O2. The van der Waals surface area contributed by atoms with E-state index in [1.54, 1.807) is 0 Å². The summed E-state index contributed by atoms with van der Waals surface area (Å²) in [6.07, 6.45) is 4.16. The van der Waals surface area contributed by atoms with Crippen molar-refractivity contribution in [1.82, 2.24) is 14.5 Å². The highest BCUT2D eigenvalue weighted by Crippen LogP contribution is 2.30. The van der Waals surface area contributed by atoms with Crippen molar-refractivity contribution in [2.24, 2.45) is 5.92 Å². The van der Waals surface area contributed by atoms with Crippen LogP contribution < -0.4 is 5.56 Å². The van der Waals surface area contributed by atoms with Crippen LogP contribution in [0.5, 0.6) is 0 Å². The number of fused-ring (bicyclic) bond motifs is 1. The molecule has 1 aliphatic heterocycles. The number of aliphatic hydroxyl groups is 1. The molecule has 1 fully saturated rings. The van der Waals surface area contributed by atoms with Gasteiger partial charge in [-0.25, -0.2) is 4.98 Å². The Morgan fingerprint density at radius 2 is 2.19 bits per heavy atom. The van der Waals surface area contributed by atoms with Gasteiger partial charge in [-0.3, -0.25) is 14.3 Å². The van der Waals surface area contributed by atoms with Crippen LogP contribution in [0.4, 0.5) is 0 Å². The van der Waals surface area contributed by atoms with E-state index in [4.69, 9.17) is 4.98 Å². The molecule has 0 bridgehead atoms. The number of aromatic nitrogens is 2. The van der Waals surface area contributed by atoms with Gasteiger partial charge in [0.05, 0.1) is 16.9 Å². The van der Waals surface area contributed by atoms with Gasteiger partial charge in [0.25, 0.3) is 5.56 Å². The van der Waals surface area contributed by atoms with E-state index in [0.29, 0.717) is 17.8 Å². The van der Waals surface area contributed by atoms with E-state index >= 15 is 0 Å². The molecule has 0 aliphatic carbocycles. The Morgan fingerprint density at radius 3 is 2.88 bits per heavy atom. The van der Waals surface area contributed by atoms with Gasteiger partial charge in [-0.15, -0.1) is 0 Å². The van der Waals surface area contributed by atoms with Crippen molar-refractivity contribution in [3.8, 4) is 0 Å². The molecule has 1 aromatic heterocycles. The van der Waals surface area contributed by atoms with E-state index in [9.17, 15) is 9.90 Å². The molecule has 0 radical (unpaired) electrons. The number of hydrogen-bond acceptors (Lipinski definition) is 4. The zero-order valence-electron chi connectivity index (χ0n) is 15.6. The van der Waals surface area contributed by atoms with E-state index in [-0.39, 0.29) is 18.2 Å². The first-order valence-electron chi connectivity index (χ1n) is 9.63. The fourth-order valence-corrected chi connectivity index (χ4v) is 4.41. The minimum Gasteiger partial charge on any atom is -0.396 e. The summed E-state index contributed by atoms with van der Waals surface area (Å²) in [4.78, 5) is 20.4. The van der Waals surface area contributed by atoms with Crippen molar-refractivity contribution in [1.29, 1.82) is 0 Å². The lowest BCUT2D eigenvalue weighted by Crippen LogP contribution is -2.41. The van der Waals surface area contributed by atoms with Gasteiger partial charge in [-0.1, -0.05) is 29.3 Å². The number of piperidine rings is 1. The number of hydrogen-bond donors (Lipinski definition) is 1. The molecule has 2 atom stereocenters. The molecule has 6 heteroatoms.